The van der Waals surface area contributed by atoms with Crippen molar-refractivity contribution in [2.24, 2.45) is 5.92 Å². The monoisotopic (exact) mass is 197 g/mol. The molecule has 0 heterocycles. The van der Waals surface area contributed by atoms with E-state index in [1.807, 2.05) is 0 Å². The third kappa shape index (κ3) is 1.30. The fourth-order valence-corrected chi connectivity index (χ4v) is 2.39. The molecule has 1 heteroatoms. The van der Waals surface area contributed by atoms with E-state index in [2.05, 4.69) is 43.3 Å². The first-order valence-corrected chi connectivity index (χ1v) is 5.54. The summed E-state index contributed by atoms with van der Waals surface area (Å²) in [5.41, 5.74) is 8.56. The van der Waals surface area contributed by atoms with Crippen LogP contribution in [0.2, 0.25) is 0 Å². The molecular weight excluding hydrogens is 182 g/mol. The van der Waals surface area contributed by atoms with Crippen LogP contribution in [0.4, 0.5) is 5.69 Å². The van der Waals surface area contributed by atoms with Gasteiger partial charge in [-0.25, -0.2) is 0 Å². The molecule has 1 aliphatic carbocycles. The third-order valence-electron chi connectivity index (χ3n) is 3.51. The maximum Gasteiger partial charge on any atom is 0.0429 e. The molecule has 1 nitrogen and oxygen atoms in total. The summed E-state index contributed by atoms with van der Waals surface area (Å²) in [7, 11) is 0. The quantitative estimate of drug-likeness (QED) is 0.695. The highest BCUT2D eigenvalue weighted by Crippen LogP contribution is 2.49. The normalized spacial score (nSPS) is 24.3. The van der Waals surface area contributed by atoms with Crippen LogP contribution in [0.3, 0.4) is 0 Å². The van der Waals surface area contributed by atoms with Crippen molar-refractivity contribution in [3.63, 3.8) is 0 Å². The highest BCUT2D eigenvalue weighted by atomic mass is 14.6. The number of nitrogen functional groups attached to an aromatic ring is 1. The zero-order valence-electron chi connectivity index (χ0n) is 8.90. The van der Waals surface area contributed by atoms with Crippen LogP contribution in [0.5, 0.6) is 0 Å². The number of nitrogens with two attached hydrogens (primary N) is 1. The Bertz CT molecular complexity index is 516. The Labute approximate surface area is 89.9 Å². The van der Waals surface area contributed by atoms with Crippen LogP contribution in [0.25, 0.3) is 10.8 Å². The number of anilines is 1. The largest absolute Gasteiger partial charge is 0.398 e. The Hall–Kier alpha value is -1.50. The van der Waals surface area contributed by atoms with E-state index in [4.69, 9.17) is 5.73 Å². The van der Waals surface area contributed by atoms with Crippen molar-refractivity contribution < 1.29 is 0 Å². The highest BCUT2D eigenvalue weighted by molar-refractivity contribution is 5.94. The number of hydrogen-bond donors (Lipinski definition) is 1. The standard InChI is InChI=1S/C14H15N/c1-9-8-13(9)12-7-6-10-4-2-3-5-11(10)14(12)15/h2-7,9,13H,8,15H2,1H3. The Morgan fingerprint density at radius 3 is 2.60 bits per heavy atom. The molecule has 0 radical (unpaired) electrons. The first kappa shape index (κ1) is 8.78. The van der Waals surface area contributed by atoms with Crippen LogP contribution < -0.4 is 5.73 Å². The minimum Gasteiger partial charge on any atom is -0.398 e. The topological polar surface area (TPSA) is 26.0 Å². The lowest BCUT2D eigenvalue weighted by atomic mass is 10.0. The van der Waals surface area contributed by atoms with E-state index < -0.39 is 0 Å². The maximum absolute atomic E-state index is 6.22. The average Bonchev–Trinajstić information content (AvgIpc) is 2.96. The van der Waals surface area contributed by atoms with Crippen LogP contribution in [0.1, 0.15) is 24.8 Å². The number of hydrogen-bond acceptors (Lipinski definition) is 1. The molecule has 2 aromatic rings. The SMILES string of the molecule is CC1CC1c1ccc2ccccc2c1N. The zero-order chi connectivity index (χ0) is 10.4. The van der Waals surface area contributed by atoms with Gasteiger partial charge in [0.1, 0.15) is 0 Å². The molecule has 2 unspecified atom stereocenters. The highest BCUT2D eigenvalue weighted by Gasteiger charge is 2.35. The van der Waals surface area contributed by atoms with Gasteiger partial charge >= 0.3 is 0 Å². The number of fused-ring (bicyclic) bond motifs is 1. The van der Waals surface area contributed by atoms with Crippen LogP contribution in [0, 0.1) is 5.92 Å². The van der Waals surface area contributed by atoms with E-state index in [9.17, 15) is 0 Å². The molecule has 0 bridgehead atoms. The van der Waals surface area contributed by atoms with Crippen LogP contribution >= 0.6 is 0 Å². The lowest BCUT2D eigenvalue weighted by Gasteiger charge is -2.08. The van der Waals surface area contributed by atoms with Gasteiger partial charge in [0.15, 0.2) is 0 Å². The summed E-state index contributed by atoms with van der Waals surface area (Å²) in [6.45, 7) is 2.29. The first-order chi connectivity index (χ1) is 7.27. The van der Waals surface area contributed by atoms with Gasteiger partial charge in [-0.05, 0) is 29.2 Å². The fourth-order valence-electron chi connectivity index (χ4n) is 2.39. The van der Waals surface area contributed by atoms with Crippen molar-refractivity contribution in [2.75, 3.05) is 5.73 Å². The van der Waals surface area contributed by atoms with Crippen LogP contribution in [0.15, 0.2) is 36.4 Å². The summed E-state index contributed by atoms with van der Waals surface area (Å²) < 4.78 is 0. The van der Waals surface area contributed by atoms with E-state index in [0.29, 0.717) is 5.92 Å². The molecule has 1 fully saturated rings. The summed E-state index contributed by atoms with van der Waals surface area (Å²) in [5, 5.41) is 2.45. The lowest BCUT2D eigenvalue weighted by molar-refractivity contribution is 0.917. The molecule has 2 atom stereocenters. The van der Waals surface area contributed by atoms with Crippen molar-refractivity contribution in [1.82, 2.24) is 0 Å². The minimum absolute atomic E-state index is 0.703. The Kier molecular flexibility index (Phi) is 1.75. The van der Waals surface area contributed by atoms with Gasteiger partial charge < -0.3 is 5.73 Å². The van der Waals surface area contributed by atoms with Crippen molar-refractivity contribution in [2.45, 2.75) is 19.3 Å². The van der Waals surface area contributed by atoms with Gasteiger partial charge in [-0.2, -0.15) is 0 Å². The van der Waals surface area contributed by atoms with Gasteiger partial charge in [0, 0.05) is 11.1 Å². The number of benzene rings is 2. The molecule has 0 amide bonds. The molecule has 15 heavy (non-hydrogen) atoms. The van der Waals surface area contributed by atoms with Gasteiger partial charge in [-0.1, -0.05) is 43.3 Å². The Balaban J connectivity index is 2.21. The molecule has 3 rings (SSSR count). The zero-order valence-corrected chi connectivity index (χ0v) is 8.90. The first-order valence-electron chi connectivity index (χ1n) is 5.54. The fraction of sp³-hybridized carbons (Fsp3) is 0.286. The third-order valence-corrected chi connectivity index (χ3v) is 3.51. The smallest absolute Gasteiger partial charge is 0.0429 e. The lowest BCUT2D eigenvalue weighted by Crippen LogP contribution is -1.94. The molecule has 1 saturated carbocycles. The van der Waals surface area contributed by atoms with E-state index in [-0.39, 0.29) is 0 Å². The molecule has 1 aliphatic rings. The Morgan fingerprint density at radius 1 is 1.13 bits per heavy atom. The van der Waals surface area contributed by atoms with E-state index >= 15 is 0 Å². The van der Waals surface area contributed by atoms with Crippen molar-refractivity contribution in [3.05, 3.63) is 42.0 Å². The predicted octanol–water partition coefficient (Wildman–Crippen LogP) is 3.55. The van der Waals surface area contributed by atoms with Crippen LogP contribution in [-0.4, -0.2) is 0 Å². The van der Waals surface area contributed by atoms with Gasteiger partial charge in [0.05, 0.1) is 0 Å². The summed E-state index contributed by atoms with van der Waals surface area (Å²) in [4.78, 5) is 0. The predicted molar refractivity (Wildman–Crippen MR) is 64.9 cm³/mol. The second-order valence-corrected chi connectivity index (χ2v) is 4.61. The number of rotatable bonds is 1. The second kappa shape index (κ2) is 2.99. The van der Waals surface area contributed by atoms with E-state index in [1.165, 1.54) is 22.8 Å². The van der Waals surface area contributed by atoms with Gasteiger partial charge in [0.25, 0.3) is 0 Å². The van der Waals surface area contributed by atoms with E-state index in [0.717, 1.165) is 11.6 Å². The molecule has 2 aromatic carbocycles. The second-order valence-electron chi connectivity index (χ2n) is 4.61. The molecule has 0 saturated heterocycles. The molecule has 2 N–H and O–H groups in total. The summed E-state index contributed by atoms with van der Waals surface area (Å²) in [6.07, 6.45) is 1.29. The average molecular weight is 197 g/mol. The van der Waals surface area contributed by atoms with Crippen molar-refractivity contribution in [3.8, 4) is 0 Å². The van der Waals surface area contributed by atoms with Gasteiger partial charge in [0.2, 0.25) is 0 Å². The molecule has 0 aromatic heterocycles. The van der Waals surface area contributed by atoms with Crippen LogP contribution in [-0.2, 0) is 0 Å². The molecule has 76 valence electrons. The van der Waals surface area contributed by atoms with Crippen molar-refractivity contribution >= 4 is 16.5 Å². The molecule has 0 spiro atoms. The molecular formula is C14H15N. The van der Waals surface area contributed by atoms with E-state index in [1.54, 1.807) is 0 Å². The summed E-state index contributed by atoms with van der Waals surface area (Å²) >= 11 is 0. The maximum atomic E-state index is 6.22. The summed E-state index contributed by atoms with van der Waals surface area (Å²) in [5.74, 6) is 1.52. The minimum atomic E-state index is 0.703. The van der Waals surface area contributed by atoms with Crippen molar-refractivity contribution in [1.29, 1.82) is 0 Å². The van der Waals surface area contributed by atoms with Gasteiger partial charge in [-0.3, -0.25) is 0 Å². The van der Waals surface area contributed by atoms with Gasteiger partial charge in [-0.15, -0.1) is 0 Å². The summed E-state index contributed by atoms with van der Waals surface area (Å²) in [6, 6.07) is 12.7. The Morgan fingerprint density at radius 2 is 1.87 bits per heavy atom. The molecule has 0 aliphatic heterocycles.